The summed E-state index contributed by atoms with van der Waals surface area (Å²) in [6.45, 7) is 0. The quantitative estimate of drug-likeness (QED) is 0.325. The van der Waals surface area contributed by atoms with Gasteiger partial charge in [0.1, 0.15) is 0 Å². The number of thioether (sulfide) groups is 1. The molecule has 2 aliphatic heterocycles. The van der Waals surface area contributed by atoms with E-state index >= 15 is 0 Å². The predicted octanol–water partition coefficient (Wildman–Crippen LogP) is 8.56. The zero-order valence-corrected chi connectivity index (χ0v) is 26.7. The third-order valence-electron chi connectivity index (χ3n) is 11.6. The Balaban J connectivity index is 1.01. The van der Waals surface area contributed by atoms with Crippen LogP contribution in [-0.4, -0.2) is 20.8 Å². The average Bonchev–Trinajstić information content (AvgIpc) is 3.76. The predicted molar refractivity (Wildman–Crippen MR) is 189 cm³/mol. The van der Waals surface area contributed by atoms with Crippen molar-refractivity contribution in [2.24, 2.45) is 11.8 Å². The van der Waals surface area contributed by atoms with Crippen LogP contribution in [0.25, 0.3) is 23.9 Å². The molecule has 0 fully saturated rings. The maximum atomic E-state index is 2.85. The number of aromatic nitrogens is 1. The first kappa shape index (κ1) is 26.5. The summed E-state index contributed by atoms with van der Waals surface area (Å²) in [5.74, 6) is 1.49. The fourth-order valence-electron chi connectivity index (χ4n) is 9.65. The number of benzene rings is 1. The van der Waals surface area contributed by atoms with Gasteiger partial charge in [0.15, 0.2) is 0 Å². The Bertz CT molecular complexity index is 2000. The lowest BCUT2D eigenvalue weighted by molar-refractivity contribution is 0.270. The molecule has 0 saturated carbocycles. The van der Waals surface area contributed by atoms with Crippen molar-refractivity contribution in [3.05, 3.63) is 135 Å². The van der Waals surface area contributed by atoms with E-state index in [0.29, 0.717) is 29.0 Å². The number of rotatable bonds is 3. The fraction of sp³-hybridized carbons (Fsp3) is 0.333. The van der Waals surface area contributed by atoms with Gasteiger partial charge in [-0.25, -0.2) is 0 Å². The van der Waals surface area contributed by atoms with Gasteiger partial charge in [-0.05, 0) is 98.8 Å². The van der Waals surface area contributed by atoms with Crippen LogP contribution in [0.15, 0.2) is 112 Å². The SMILES string of the molecule is C1=CCCC(n2c3c(c4c2=CCC(C2=CC5C6=C(CCC=C6)N(C6=CC=CC7c8ccccc8SC67)C5CC2)C=4)CCC=C3)=C1. The van der Waals surface area contributed by atoms with Crippen LogP contribution in [0.4, 0.5) is 0 Å². The molecule has 3 heteroatoms. The molecule has 0 amide bonds. The molecule has 5 unspecified atom stereocenters. The highest BCUT2D eigenvalue weighted by Crippen LogP contribution is 2.55. The van der Waals surface area contributed by atoms with Gasteiger partial charge in [-0.1, -0.05) is 84.5 Å². The van der Waals surface area contributed by atoms with Crippen molar-refractivity contribution < 1.29 is 0 Å². The minimum Gasteiger partial charge on any atom is -0.343 e. The molecule has 6 aliphatic carbocycles. The van der Waals surface area contributed by atoms with Crippen molar-refractivity contribution >= 4 is 35.7 Å². The Morgan fingerprint density at radius 1 is 0.822 bits per heavy atom. The molecule has 2 aromatic rings. The molecule has 10 rings (SSSR count). The highest BCUT2D eigenvalue weighted by molar-refractivity contribution is 8.00. The molecular formula is C42H40N2S. The lowest BCUT2D eigenvalue weighted by Gasteiger charge is -2.40. The largest absolute Gasteiger partial charge is 0.343 e. The molecular weight excluding hydrogens is 565 g/mol. The summed E-state index contributed by atoms with van der Waals surface area (Å²) >= 11 is 2.09. The number of nitrogens with zero attached hydrogens (tertiary/aromatic N) is 2. The van der Waals surface area contributed by atoms with E-state index < -0.39 is 0 Å². The number of fused-ring (bicyclic) bond motifs is 8. The maximum absolute atomic E-state index is 2.85. The summed E-state index contributed by atoms with van der Waals surface area (Å²) in [7, 11) is 0. The second kappa shape index (κ2) is 10.4. The lowest BCUT2D eigenvalue weighted by atomic mass is 9.77. The zero-order chi connectivity index (χ0) is 29.5. The molecule has 8 aliphatic rings. The maximum Gasteiger partial charge on any atom is 0.0601 e. The van der Waals surface area contributed by atoms with Gasteiger partial charge in [0.05, 0.1) is 5.25 Å². The van der Waals surface area contributed by atoms with E-state index in [4.69, 9.17) is 0 Å². The fourth-order valence-corrected chi connectivity index (χ4v) is 11.1. The van der Waals surface area contributed by atoms with Crippen LogP contribution in [0.2, 0.25) is 0 Å². The second-order valence-corrected chi connectivity index (χ2v) is 15.1. The Kier molecular flexibility index (Phi) is 6.14. The monoisotopic (exact) mass is 604 g/mol. The van der Waals surface area contributed by atoms with Crippen molar-refractivity contribution in [3.8, 4) is 0 Å². The normalized spacial score (nSPS) is 30.3. The van der Waals surface area contributed by atoms with Crippen molar-refractivity contribution in [3.63, 3.8) is 0 Å². The Morgan fingerprint density at radius 3 is 2.69 bits per heavy atom. The Labute approximate surface area is 271 Å². The van der Waals surface area contributed by atoms with Gasteiger partial charge in [0.25, 0.3) is 0 Å². The minimum absolute atomic E-state index is 0.481. The average molecular weight is 605 g/mol. The van der Waals surface area contributed by atoms with Crippen LogP contribution in [0.3, 0.4) is 0 Å². The number of hydrogen-bond acceptors (Lipinski definition) is 2. The first-order valence-electron chi connectivity index (χ1n) is 17.3. The summed E-state index contributed by atoms with van der Waals surface area (Å²) in [6.07, 6.45) is 42.3. The number of hydrogen-bond donors (Lipinski definition) is 0. The molecule has 3 heterocycles. The van der Waals surface area contributed by atoms with Crippen molar-refractivity contribution in [2.45, 2.75) is 79.9 Å². The van der Waals surface area contributed by atoms with Gasteiger partial charge in [-0.3, -0.25) is 0 Å². The molecule has 224 valence electrons. The molecule has 1 aromatic carbocycles. The first-order chi connectivity index (χ1) is 22.3. The second-order valence-electron chi connectivity index (χ2n) is 13.9. The van der Waals surface area contributed by atoms with Crippen molar-refractivity contribution in [1.29, 1.82) is 0 Å². The van der Waals surface area contributed by atoms with Crippen LogP contribution in [0.5, 0.6) is 0 Å². The van der Waals surface area contributed by atoms with E-state index in [9.17, 15) is 0 Å². The standard InChI is InChI=1S/C42H40N2S/c1-2-11-29(12-3-1)43-36-17-7-4-13-30(36)34-25-27(21-23-38(34)43)28-22-24-39-35(26-28)31-14-5-8-18-37(31)44(39)40-19-10-16-33-32-15-6-9-20-41(32)45-42(33)40/h1-2,5-7,9-11,14-17,19-20,23,25-27,33,35,39,42H,3-4,8,12-13,18,21-22,24H2. The summed E-state index contributed by atoms with van der Waals surface area (Å²) < 4.78 is 2.60. The van der Waals surface area contributed by atoms with Crippen LogP contribution in [0.1, 0.15) is 74.1 Å². The molecule has 0 bridgehead atoms. The molecule has 5 atom stereocenters. The summed E-state index contributed by atoms with van der Waals surface area (Å²) in [5, 5.41) is 3.46. The summed E-state index contributed by atoms with van der Waals surface area (Å²) in [5.41, 5.74) is 12.4. The van der Waals surface area contributed by atoms with E-state index in [1.807, 2.05) is 0 Å². The van der Waals surface area contributed by atoms with Crippen LogP contribution >= 0.6 is 11.8 Å². The van der Waals surface area contributed by atoms with Crippen molar-refractivity contribution in [2.75, 3.05) is 0 Å². The molecule has 0 radical (unpaired) electrons. The molecule has 45 heavy (non-hydrogen) atoms. The van der Waals surface area contributed by atoms with Crippen molar-refractivity contribution in [1.82, 2.24) is 9.47 Å². The minimum atomic E-state index is 0.481. The molecule has 0 spiro atoms. The first-order valence-corrected chi connectivity index (χ1v) is 18.2. The number of allylic oxidation sites excluding steroid dienone is 12. The Hall–Kier alpha value is -3.69. The van der Waals surface area contributed by atoms with Crippen LogP contribution < -0.4 is 10.6 Å². The molecule has 2 nitrogen and oxygen atoms in total. The van der Waals surface area contributed by atoms with Gasteiger partial charge in [-0.2, -0.15) is 0 Å². The van der Waals surface area contributed by atoms with Crippen LogP contribution in [0, 0.1) is 11.8 Å². The Morgan fingerprint density at radius 2 is 1.73 bits per heavy atom. The van der Waals surface area contributed by atoms with E-state index in [-0.39, 0.29) is 0 Å². The van der Waals surface area contributed by atoms with E-state index in [2.05, 4.69) is 124 Å². The van der Waals surface area contributed by atoms with Gasteiger partial charge in [0.2, 0.25) is 0 Å². The summed E-state index contributed by atoms with van der Waals surface area (Å²) in [4.78, 5) is 4.32. The van der Waals surface area contributed by atoms with Gasteiger partial charge in [0, 0.05) is 62.0 Å². The third-order valence-corrected chi connectivity index (χ3v) is 13.0. The van der Waals surface area contributed by atoms with E-state index in [1.54, 1.807) is 28.1 Å². The molecule has 0 N–H and O–H groups in total. The van der Waals surface area contributed by atoms with Gasteiger partial charge in [-0.15, -0.1) is 11.8 Å². The smallest absolute Gasteiger partial charge is 0.0601 e. The molecule has 1 aromatic heterocycles. The lowest BCUT2D eigenvalue weighted by Crippen LogP contribution is -2.39. The zero-order valence-electron chi connectivity index (χ0n) is 25.9. The highest BCUT2D eigenvalue weighted by Gasteiger charge is 2.46. The van der Waals surface area contributed by atoms with Crippen LogP contribution in [-0.2, 0) is 6.42 Å². The van der Waals surface area contributed by atoms with E-state index in [1.165, 1.54) is 51.7 Å². The van der Waals surface area contributed by atoms with E-state index in [0.717, 1.165) is 38.5 Å². The topological polar surface area (TPSA) is 8.17 Å². The van der Waals surface area contributed by atoms with Gasteiger partial charge >= 0.3 is 0 Å². The van der Waals surface area contributed by atoms with Gasteiger partial charge < -0.3 is 9.47 Å². The highest BCUT2D eigenvalue weighted by atomic mass is 32.2. The molecule has 0 saturated heterocycles. The third kappa shape index (κ3) is 4.02. The summed E-state index contributed by atoms with van der Waals surface area (Å²) in [6, 6.07) is 9.64.